The third kappa shape index (κ3) is 2.94. The first-order valence-electron chi connectivity index (χ1n) is 8.57. The zero-order chi connectivity index (χ0) is 17.4. The summed E-state index contributed by atoms with van der Waals surface area (Å²) in [5.74, 6) is 0.648. The third-order valence-corrected chi connectivity index (χ3v) is 5.03. The molecule has 2 unspecified atom stereocenters. The zero-order valence-electron chi connectivity index (χ0n) is 14.1. The van der Waals surface area contributed by atoms with Crippen molar-refractivity contribution in [3.63, 3.8) is 0 Å². The number of aliphatic hydroxyl groups excluding tert-OH is 1. The molecule has 0 saturated carbocycles. The molecule has 4 rings (SSSR count). The van der Waals surface area contributed by atoms with E-state index in [0.717, 1.165) is 33.5 Å². The Balaban J connectivity index is 1.43. The van der Waals surface area contributed by atoms with Gasteiger partial charge in [-0.15, -0.1) is 0 Å². The van der Waals surface area contributed by atoms with Gasteiger partial charge in [0.05, 0.1) is 18.1 Å². The number of carbonyl (C=O) groups is 1. The molecule has 3 aromatic rings. The number of hydrogen-bond acceptors (Lipinski definition) is 2. The van der Waals surface area contributed by atoms with E-state index in [1.807, 2.05) is 55.6 Å². The summed E-state index contributed by atoms with van der Waals surface area (Å²) in [6.07, 6.45) is 2.58. The monoisotopic (exact) mass is 333 g/mol. The molecule has 0 bridgehead atoms. The molecule has 4 heteroatoms. The topological polar surface area (TPSA) is 65.1 Å². The molecule has 2 aromatic carbocycles. The SMILES string of the molecule is C[C](Cc1c[nH]c2ccccc12)C(=O)NC1Cc2ccccc2C1O. The highest BCUT2D eigenvalue weighted by molar-refractivity contribution is 5.91. The van der Waals surface area contributed by atoms with Gasteiger partial charge in [-0.2, -0.15) is 0 Å². The van der Waals surface area contributed by atoms with Crippen molar-refractivity contribution in [2.24, 2.45) is 0 Å². The molecule has 1 radical (unpaired) electrons. The van der Waals surface area contributed by atoms with Crippen LogP contribution in [0, 0.1) is 5.92 Å². The van der Waals surface area contributed by atoms with Crippen LogP contribution < -0.4 is 5.32 Å². The molecule has 1 amide bonds. The number of aromatic amines is 1. The van der Waals surface area contributed by atoms with Crippen molar-refractivity contribution in [2.45, 2.75) is 31.9 Å². The molecule has 25 heavy (non-hydrogen) atoms. The molecule has 3 N–H and O–H groups in total. The first kappa shape index (κ1) is 15.9. The smallest absolute Gasteiger partial charge is 0.227 e. The molecule has 0 spiro atoms. The second-order valence-electron chi connectivity index (χ2n) is 6.74. The number of nitrogens with one attached hydrogen (secondary N) is 2. The first-order chi connectivity index (χ1) is 12.1. The van der Waals surface area contributed by atoms with Crippen molar-refractivity contribution in [1.29, 1.82) is 0 Å². The number of benzene rings is 2. The summed E-state index contributed by atoms with van der Waals surface area (Å²) in [6.45, 7) is 1.85. The summed E-state index contributed by atoms with van der Waals surface area (Å²) in [5, 5.41) is 14.6. The lowest BCUT2D eigenvalue weighted by atomic mass is 9.99. The molecule has 1 heterocycles. The molecule has 2 atom stereocenters. The minimum Gasteiger partial charge on any atom is -0.386 e. The highest BCUT2D eigenvalue weighted by atomic mass is 16.3. The number of carbonyl (C=O) groups excluding carboxylic acids is 1. The number of aromatic nitrogens is 1. The Morgan fingerprint density at radius 1 is 1.20 bits per heavy atom. The van der Waals surface area contributed by atoms with Crippen LogP contribution in [0.5, 0.6) is 0 Å². The van der Waals surface area contributed by atoms with Crippen molar-refractivity contribution in [3.05, 3.63) is 77.3 Å². The van der Waals surface area contributed by atoms with Gasteiger partial charge in [-0.1, -0.05) is 42.5 Å². The van der Waals surface area contributed by atoms with Gasteiger partial charge in [0, 0.05) is 17.1 Å². The Labute approximate surface area is 146 Å². The average Bonchev–Trinajstić information content (AvgIpc) is 3.17. The van der Waals surface area contributed by atoms with Crippen LogP contribution in [0.15, 0.2) is 54.7 Å². The van der Waals surface area contributed by atoms with E-state index < -0.39 is 6.10 Å². The second kappa shape index (κ2) is 6.37. The molecule has 0 fully saturated rings. The molecule has 1 aromatic heterocycles. The predicted molar refractivity (Wildman–Crippen MR) is 98.0 cm³/mol. The van der Waals surface area contributed by atoms with Crippen molar-refractivity contribution < 1.29 is 9.90 Å². The zero-order valence-corrected chi connectivity index (χ0v) is 14.1. The van der Waals surface area contributed by atoms with Crippen LogP contribution in [-0.2, 0) is 17.6 Å². The highest BCUT2D eigenvalue weighted by Gasteiger charge is 2.32. The maximum atomic E-state index is 12.6. The molecule has 127 valence electrons. The Morgan fingerprint density at radius 3 is 2.80 bits per heavy atom. The lowest BCUT2D eigenvalue weighted by molar-refractivity contribution is -0.120. The molecule has 4 nitrogen and oxygen atoms in total. The van der Waals surface area contributed by atoms with Gasteiger partial charge in [0.1, 0.15) is 0 Å². The van der Waals surface area contributed by atoms with E-state index in [9.17, 15) is 9.90 Å². The number of hydrogen-bond donors (Lipinski definition) is 3. The quantitative estimate of drug-likeness (QED) is 0.687. The first-order valence-corrected chi connectivity index (χ1v) is 8.57. The molecule has 1 aliphatic carbocycles. The average molecular weight is 333 g/mol. The van der Waals surface area contributed by atoms with Gasteiger partial charge in [-0.05, 0) is 42.5 Å². The van der Waals surface area contributed by atoms with E-state index in [0.29, 0.717) is 12.8 Å². The fourth-order valence-electron chi connectivity index (χ4n) is 3.64. The van der Waals surface area contributed by atoms with Gasteiger partial charge < -0.3 is 15.4 Å². The van der Waals surface area contributed by atoms with Crippen molar-refractivity contribution in [2.75, 3.05) is 0 Å². The number of amides is 1. The van der Waals surface area contributed by atoms with Crippen molar-refractivity contribution in [1.82, 2.24) is 10.3 Å². The molecule has 1 aliphatic rings. The van der Waals surface area contributed by atoms with Crippen LogP contribution in [0.25, 0.3) is 10.9 Å². The number of para-hydroxylation sites is 1. The van der Waals surface area contributed by atoms with Gasteiger partial charge in [0.2, 0.25) is 5.91 Å². The fourth-order valence-corrected chi connectivity index (χ4v) is 3.64. The Bertz CT molecular complexity index is 915. The Kier molecular flexibility index (Phi) is 4.06. The van der Waals surface area contributed by atoms with E-state index in [1.54, 1.807) is 0 Å². The van der Waals surface area contributed by atoms with Crippen LogP contribution in [0.4, 0.5) is 0 Å². The van der Waals surface area contributed by atoms with Gasteiger partial charge in [0.25, 0.3) is 0 Å². The van der Waals surface area contributed by atoms with Crippen molar-refractivity contribution >= 4 is 16.8 Å². The molecule has 0 aliphatic heterocycles. The van der Waals surface area contributed by atoms with E-state index in [2.05, 4.69) is 16.4 Å². The maximum Gasteiger partial charge on any atom is 0.227 e. The third-order valence-electron chi connectivity index (χ3n) is 5.03. The maximum absolute atomic E-state index is 12.6. The highest BCUT2D eigenvalue weighted by Crippen LogP contribution is 2.31. The van der Waals surface area contributed by atoms with E-state index >= 15 is 0 Å². The second-order valence-corrected chi connectivity index (χ2v) is 6.74. The van der Waals surface area contributed by atoms with Gasteiger partial charge in [-0.25, -0.2) is 0 Å². The summed E-state index contributed by atoms with van der Waals surface area (Å²) >= 11 is 0. The molecule has 0 saturated heterocycles. The molecular formula is C21H21N2O2. The minimum absolute atomic E-state index is 0.0952. The summed E-state index contributed by atoms with van der Waals surface area (Å²) in [6, 6.07) is 15.6. The summed E-state index contributed by atoms with van der Waals surface area (Å²) in [7, 11) is 0. The van der Waals surface area contributed by atoms with Gasteiger partial charge >= 0.3 is 0 Å². The van der Waals surface area contributed by atoms with E-state index in [1.165, 1.54) is 0 Å². The lowest BCUT2D eigenvalue weighted by Crippen LogP contribution is -2.40. The molecular weight excluding hydrogens is 312 g/mol. The number of fused-ring (bicyclic) bond motifs is 2. The normalized spacial score (nSPS) is 19.3. The standard InChI is InChI=1S/C21H21N2O2/c1-13(10-15-12-22-18-9-5-4-7-16(15)18)21(25)23-19-11-14-6-2-3-8-17(14)20(19)24/h2-9,12,19-20,22,24H,10-11H2,1H3,(H,23,25). The summed E-state index contributed by atoms with van der Waals surface area (Å²) in [4.78, 5) is 15.8. The minimum atomic E-state index is -0.638. The Hall–Kier alpha value is -2.59. The van der Waals surface area contributed by atoms with Gasteiger partial charge in [0.15, 0.2) is 0 Å². The Morgan fingerprint density at radius 2 is 1.96 bits per heavy atom. The predicted octanol–water partition coefficient (Wildman–Crippen LogP) is 3.08. The van der Waals surface area contributed by atoms with Gasteiger partial charge in [-0.3, -0.25) is 4.79 Å². The van der Waals surface area contributed by atoms with Crippen LogP contribution in [0.2, 0.25) is 0 Å². The van der Waals surface area contributed by atoms with Crippen LogP contribution in [0.3, 0.4) is 0 Å². The lowest BCUT2D eigenvalue weighted by Gasteiger charge is -2.19. The van der Waals surface area contributed by atoms with Crippen LogP contribution >= 0.6 is 0 Å². The van der Waals surface area contributed by atoms with Crippen LogP contribution in [-0.4, -0.2) is 22.0 Å². The van der Waals surface area contributed by atoms with Crippen LogP contribution in [0.1, 0.15) is 29.7 Å². The largest absolute Gasteiger partial charge is 0.386 e. The van der Waals surface area contributed by atoms with E-state index in [-0.39, 0.29) is 11.9 Å². The summed E-state index contributed by atoms with van der Waals surface area (Å²) < 4.78 is 0. The fraction of sp³-hybridized carbons (Fsp3) is 0.238. The van der Waals surface area contributed by atoms with E-state index in [4.69, 9.17) is 0 Å². The number of rotatable bonds is 4. The van der Waals surface area contributed by atoms with Crippen molar-refractivity contribution in [3.8, 4) is 0 Å². The number of aliphatic hydroxyl groups is 1. The number of H-pyrrole nitrogens is 1. The summed E-state index contributed by atoms with van der Waals surface area (Å²) in [5.41, 5.74) is 4.21.